The van der Waals surface area contributed by atoms with Gasteiger partial charge < -0.3 is 4.90 Å². The first-order valence-corrected chi connectivity index (χ1v) is 14.1. The normalized spacial score (nSPS) is 13.8. The number of aromatic nitrogens is 5. The van der Waals surface area contributed by atoms with Crippen molar-refractivity contribution in [2.75, 3.05) is 35.1 Å². The fourth-order valence-corrected chi connectivity index (χ4v) is 4.87. The summed E-state index contributed by atoms with van der Waals surface area (Å²) in [4.78, 5) is 42.3. The van der Waals surface area contributed by atoms with E-state index in [1.54, 1.807) is 18.5 Å². The Morgan fingerprint density at radius 3 is 1.98 bits per heavy atom. The number of nitrogens with one attached hydrogen (secondary N) is 3. The second kappa shape index (κ2) is 11.5. The number of benzene rings is 2. The molecule has 0 aliphatic carbocycles. The van der Waals surface area contributed by atoms with Crippen LogP contribution in [0.3, 0.4) is 0 Å². The van der Waals surface area contributed by atoms with Crippen molar-refractivity contribution < 1.29 is 4.79 Å². The minimum atomic E-state index is -0.357. The molecular formula is C27H23N11OS2. The van der Waals surface area contributed by atoms with Gasteiger partial charge in [-0.3, -0.25) is 20.9 Å². The summed E-state index contributed by atoms with van der Waals surface area (Å²) in [6.07, 6.45) is 5.11. The van der Waals surface area contributed by atoms with Crippen molar-refractivity contribution in [2.24, 2.45) is 4.99 Å². The summed E-state index contributed by atoms with van der Waals surface area (Å²) in [5.41, 5.74) is 5.97. The van der Waals surface area contributed by atoms with Crippen molar-refractivity contribution in [1.82, 2.24) is 29.9 Å². The Labute approximate surface area is 243 Å². The molecule has 3 aromatic heterocycles. The van der Waals surface area contributed by atoms with Gasteiger partial charge in [-0.05, 0) is 23.8 Å². The molecule has 1 aliphatic rings. The molecule has 0 atom stereocenters. The summed E-state index contributed by atoms with van der Waals surface area (Å²) in [6, 6.07) is 17.3. The summed E-state index contributed by atoms with van der Waals surface area (Å²) in [7, 11) is 3.95. The van der Waals surface area contributed by atoms with Crippen LogP contribution in [0.5, 0.6) is 0 Å². The van der Waals surface area contributed by atoms with Crippen LogP contribution in [-0.4, -0.2) is 55.8 Å². The zero-order chi connectivity index (χ0) is 28.2. The van der Waals surface area contributed by atoms with E-state index in [-0.39, 0.29) is 29.4 Å². The van der Waals surface area contributed by atoms with Gasteiger partial charge in [-0.1, -0.05) is 42.5 Å². The molecule has 0 unspecified atom stereocenters. The lowest BCUT2D eigenvalue weighted by Gasteiger charge is -2.19. The first-order valence-electron chi connectivity index (χ1n) is 12.4. The number of nitrogens with zero attached hydrogens (tertiary/aromatic N) is 8. The van der Waals surface area contributed by atoms with E-state index in [4.69, 9.17) is 4.99 Å². The number of thiazole rings is 2. The number of hydrogen-bond donors (Lipinski definition) is 3. The lowest BCUT2D eigenvalue weighted by atomic mass is 10.1. The summed E-state index contributed by atoms with van der Waals surface area (Å²) in [5, 5.41) is 12.4. The Morgan fingerprint density at radius 2 is 1.41 bits per heavy atom. The fraction of sp³-hybridized carbons (Fsp3) is 0.0741. The van der Waals surface area contributed by atoms with Crippen LogP contribution < -0.4 is 21.0 Å². The SMILES string of the molecule is CN(C)c1ccc(/C=C2/N=C(c3ccccc3)N(Nc3nc(Nc4nccs4)nc(Nc4nccs4)n3)C2=O)cc1. The first kappa shape index (κ1) is 26.0. The Morgan fingerprint density at radius 1 is 0.805 bits per heavy atom. The third-order valence-corrected chi connectivity index (χ3v) is 7.13. The van der Waals surface area contributed by atoms with Crippen LogP contribution in [0.2, 0.25) is 0 Å². The van der Waals surface area contributed by atoms with E-state index in [2.05, 4.69) is 41.0 Å². The van der Waals surface area contributed by atoms with Gasteiger partial charge in [0.15, 0.2) is 16.1 Å². The Bertz CT molecular complexity index is 1650. The second-order valence-electron chi connectivity index (χ2n) is 8.80. The number of hydrazine groups is 1. The van der Waals surface area contributed by atoms with Crippen molar-refractivity contribution in [1.29, 1.82) is 0 Å². The van der Waals surface area contributed by atoms with E-state index in [0.717, 1.165) is 16.8 Å². The van der Waals surface area contributed by atoms with Crippen molar-refractivity contribution in [3.63, 3.8) is 0 Å². The maximum absolute atomic E-state index is 13.7. The number of carbonyl (C=O) groups is 1. The molecule has 6 rings (SSSR count). The smallest absolute Gasteiger partial charge is 0.297 e. The highest BCUT2D eigenvalue weighted by atomic mass is 32.1. The van der Waals surface area contributed by atoms with E-state index >= 15 is 0 Å². The van der Waals surface area contributed by atoms with E-state index in [1.165, 1.54) is 27.7 Å². The highest BCUT2D eigenvalue weighted by Gasteiger charge is 2.32. The van der Waals surface area contributed by atoms with E-state index in [0.29, 0.717) is 16.1 Å². The summed E-state index contributed by atoms with van der Waals surface area (Å²) >= 11 is 2.80. The molecule has 0 radical (unpaired) electrons. The van der Waals surface area contributed by atoms with Gasteiger partial charge in [0, 0.05) is 48.5 Å². The molecule has 0 saturated carbocycles. The average molecular weight is 582 g/mol. The monoisotopic (exact) mass is 581 g/mol. The molecule has 0 fully saturated rings. The number of amides is 1. The summed E-state index contributed by atoms with van der Waals surface area (Å²) < 4.78 is 0. The highest BCUT2D eigenvalue weighted by Crippen LogP contribution is 2.25. The molecule has 5 aromatic rings. The van der Waals surface area contributed by atoms with Crippen LogP contribution in [0.4, 0.5) is 33.8 Å². The quantitative estimate of drug-likeness (QED) is 0.204. The minimum absolute atomic E-state index is 0.117. The minimum Gasteiger partial charge on any atom is -0.378 e. The van der Waals surface area contributed by atoms with Crippen LogP contribution in [0.25, 0.3) is 6.08 Å². The Balaban J connectivity index is 1.34. The van der Waals surface area contributed by atoms with Crippen molar-refractivity contribution in [3.8, 4) is 0 Å². The molecule has 1 amide bonds. The highest BCUT2D eigenvalue weighted by molar-refractivity contribution is 7.13. The number of carbonyl (C=O) groups excluding carboxylic acids is 1. The largest absolute Gasteiger partial charge is 0.378 e. The molecule has 14 heteroatoms. The Hall–Kier alpha value is -5.21. The number of amidine groups is 1. The molecule has 1 aliphatic heterocycles. The van der Waals surface area contributed by atoms with Crippen molar-refractivity contribution in [3.05, 3.63) is 94.6 Å². The van der Waals surface area contributed by atoms with Gasteiger partial charge in [-0.25, -0.2) is 15.0 Å². The van der Waals surface area contributed by atoms with Crippen LogP contribution in [0, 0.1) is 0 Å². The molecule has 3 N–H and O–H groups in total. The molecule has 0 bridgehead atoms. The average Bonchev–Trinajstić information content (AvgIpc) is 3.74. The molecule has 12 nitrogen and oxygen atoms in total. The van der Waals surface area contributed by atoms with Crippen molar-refractivity contribution in [2.45, 2.75) is 0 Å². The standard InChI is InChI=1S/C27H23N11OS2/c1-37(2)19-10-8-17(9-11-19)16-20-22(39)38(21(30-20)18-6-4-3-5-7-18)36-25-32-23(34-26-28-12-14-40-26)31-24(33-25)35-27-29-13-15-41-27/h3-16H,1-2H3,(H3,28,29,31,32,33,34,35,36)/b20-16+. The lowest BCUT2D eigenvalue weighted by Crippen LogP contribution is -2.38. The fourth-order valence-electron chi connectivity index (χ4n) is 3.83. The van der Waals surface area contributed by atoms with Crippen LogP contribution >= 0.6 is 22.7 Å². The van der Waals surface area contributed by atoms with E-state index in [9.17, 15) is 4.79 Å². The molecule has 0 spiro atoms. The molecular weight excluding hydrogens is 559 g/mol. The van der Waals surface area contributed by atoms with Gasteiger partial charge >= 0.3 is 0 Å². The van der Waals surface area contributed by atoms with Gasteiger partial charge in [0.1, 0.15) is 5.70 Å². The summed E-state index contributed by atoms with van der Waals surface area (Å²) in [5.74, 6) is 0.642. The van der Waals surface area contributed by atoms with E-state index in [1.807, 2.05) is 84.4 Å². The predicted octanol–water partition coefficient (Wildman–Crippen LogP) is 4.99. The predicted molar refractivity (Wildman–Crippen MR) is 163 cm³/mol. The van der Waals surface area contributed by atoms with Crippen molar-refractivity contribution >= 4 is 74.3 Å². The van der Waals surface area contributed by atoms with Crippen LogP contribution in [0.1, 0.15) is 11.1 Å². The molecule has 4 heterocycles. The maximum atomic E-state index is 13.7. The topological polar surface area (TPSA) is 136 Å². The summed E-state index contributed by atoms with van der Waals surface area (Å²) in [6.45, 7) is 0. The third-order valence-electron chi connectivity index (χ3n) is 5.75. The molecule has 41 heavy (non-hydrogen) atoms. The molecule has 2 aromatic carbocycles. The number of rotatable bonds is 9. The van der Waals surface area contributed by atoms with Gasteiger partial charge in [0.2, 0.25) is 17.8 Å². The van der Waals surface area contributed by atoms with Crippen LogP contribution in [-0.2, 0) is 4.79 Å². The zero-order valence-corrected chi connectivity index (χ0v) is 23.5. The zero-order valence-electron chi connectivity index (χ0n) is 21.9. The molecule has 0 saturated heterocycles. The number of anilines is 6. The number of aliphatic imine (C=N–C) groups is 1. The molecule has 204 valence electrons. The van der Waals surface area contributed by atoms with Crippen LogP contribution in [0.15, 0.2) is 88.4 Å². The van der Waals surface area contributed by atoms with Gasteiger partial charge in [-0.15, -0.1) is 22.7 Å². The van der Waals surface area contributed by atoms with Gasteiger partial charge in [-0.2, -0.15) is 20.0 Å². The first-order chi connectivity index (χ1) is 20.0. The van der Waals surface area contributed by atoms with E-state index < -0.39 is 0 Å². The Kier molecular flexibility index (Phi) is 7.30. The number of hydrogen-bond acceptors (Lipinski definition) is 13. The van der Waals surface area contributed by atoms with Gasteiger partial charge in [0.05, 0.1) is 0 Å². The second-order valence-corrected chi connectivity index (χ2v) is 10.6. The maximum Gasteiger partial charge on any atom is 0.297 e. The van der Waals surface area contributed by atoms with Gasteiger partial charge in [0.25, 0.3) is 5.91 Å². The third kappa shape index (κ3) is 6.03. The lowest BCUT2D eigenvalue weighted by molar-refractivity contribution is -0.121.